The van der Waals surface area contributed by atoms with Crippen LogP contribution < -0.4 is 16.4 Å². The van der Waals surface area contributed by atoms with Crippen molar-refractivity contribution < 1.29 is 24.9 Å². The van der Waals surface area contributed by atoms with Gasteiger partial charge in [-0.25, -0.2) is 15.0 Å². The Bertz CT molecular complexity index is 1380. The molecule has 3 heterocycles. The summed E-state index contributed by atoms with van der Waals surface area (Å²) in [5.41, 5.74) is 8.46. The second kappa shape index (κ2) is 12.5. The van der Waals surface area contributed by atoms with E-state index in [0.717, 1.165) is 11.1 Å². The maximum atomic E-state index is 12.5. The smallest absolute Gasteiger partial charge is 0.227 e. The van der Waals surface area contributed by atoms with Gasteiger partial charge in [0.1, 0.15) is 24.1 Å². The summed E-state index contributed by atoms with van der Waals surface area (Å²) < 4.78 is 7.20. The molecule has 12 nitrogen and oxygen atoms in total. The molecule has 12 heteroatoms. The monoisotopic (exact) mass is 547 g/mol. The number of carbonyl (C=O) groups excluding carboxylic acids is 1. The molecule has 1 fully saturated rings. The van der Waals surface area contributed by atoms with Crippen molar-refractivity contribution in [2.24, 2.45) is 5.73 Å². The van der Waals surface area contributed by atoms with E-state index in [0.29, 0.717) is 36.6 Å². The fraction of sp³-hybridized carbons (Fsp3) is 0.357. The van der Waals surface area contributed by atoms with Gasteiger partial charge in [0.05, 0.1) is 19.4 Å². The van der Waals surface area contributed by atoms with Crippen LogP contribution in [0.5, 0.6) is 0 Å². The Morgan fingerprint density at radius 1 is 1.02 bits per heavy atom. The number of fused-ring (bicyclic) bond motifs is 1. The summed E-state index contributed by atoms with van der Waals surface area (Å²) in [6.07, 6.45) is -3.28. The third kappa shape index (κ3) is 5.81. The minimum Gasteiger partial charge on any atom is -0.394 e. The minimum absolute atomic E-state index is 0.00810. The molecule has 4 aromatic rings. The Hall–Kier alpha value is -3.94. The first-order valence-electron chi connectivity index (χ1n) is 13.2. The maximum absolute atomic E-state index is 12.5. The third-order valence-corrected chi connectivity index (χ3v) is 6.92. The molecule has 0 radical (unpaired) electrons. The molecule has 1 aliphatic rings. The molecule has 1 amide bonds. The Balaban J connectivity index is 1.51. The molecule has 40 heavy (non-hydrogen) atoms. The van der Waals surface area contributed by atoms with Gasteiger partial charge in [0.25, 0.3) is 0 Å². The van der Waals surface area contributed by atoms with E-state index in [2.05, 4.69) is 49.9 Å². The fourth-order valence-electron chi connectivity index (χ4n) is 4.88. The number of nitrogens with one attached hydrogen (secondary N) is 2. The van der Waals surface area contributed by atoms with Crippen LogP contribution in [0.3, 0.4) is 0 Å². The Morgan fingerprint density at radius 2 is 1.70 bits per heavy atom. The number of aromatic nitrogens is 4. The maximum Gasteiger partial charge on any atom is 0.227 e. The SMILES string of the molecule is NCCNC(=O)Cc1nc(NCC(c2ccccc2)c2ccccc2)c2ncn([C@@H]3O[C@H](CO)[C@@H](O)[C@H]3O)c2n1. The number of ether oxygens (including phenoxy) is 1. The molecule has 0 spiro atoms. The van der Waals surface area contributed by atoms with Crippen LogP contribution in [0.25, 0.3) is 11.2 Å². The van der Waals surface area contributed by atoms with Crippen molar-refractivity contribution in [1.29, 1.82) is 0 Å². The van der Waals surface area contributed by atoms with Crippen LogP contribution in [0.15, 0.2) is 67.0 Å². The van der Waals surface area contributed by atoms with E-state index in [-0.39, 0.29) is 24.1 Å². The number of nitrogens with zero attached hydrogens (tertiary/aromatic N) is 4. The number of imidazole rings is 1. The van der Waals surface area contributed by atoms with Gasteiger partial charge in [0.2, 0.25) is 5.91 Å². The quantitative estimate of drug-likeness (QED) is 0.153. The minimum atomic E-state index is -1.32. The highest BCUT2D eigenvalue weighted by Crippen LogP contribution is 2.33. The van der Waals surface area contributed by atoms with Gasteiger partial charge in [-0.15, -0.1) is 0 Å². The predicted molar refractivity (Wildman–Crippen MR) is 147 cm³/mol. The van der Waals surface area contributed by atoms with Crippen molar-refractivity contribution in [2.75, 3.05) is 31.6 Å². The first kappa shape index (κ1) is 27.6. The van der Waals surface area contributed by atoms with E-state index >= 15 is 0 Å². The number of rotatable bonds is 11. The average Bonchev–Trinajstić information content (AvgIpc) is 3.53. The number of amides is 1. The first-order valence-corrected chi connectivity index (χ1v) is 13.2. The number of benzene rings is 2. The van der Waals surface area contributed by atoms with E-state index < -0.39 is 31.1 Å². The average molecular weight is 548 g/mol. The Morgan fingerprint density at radius 3 is 2.30 bits per heavy atom. The zero-order valence-corrected chi connectivity index (χ0v) is 21.8. The van der Waals surface area contributed by atoms with Crippen LogP contribution in [-0.4, -0.2) is 85.3 Å². The molecule has 0 unspecified atom stereocenters. The molecular weight excluding hydrogens is 514 g/mol. The van der Waals surface area contributed by atoms with E-state index in [1.54, 1.807) is 0 Å². The molecule has 1 saturated heterocycles. The summed E-state index contributed by atoms with van der Waals surface area (Å²) in [5, 5.41) is 36.6. The van der Waals surface area contributed by atoms with Crippen molar-refractivity contribution >= 4 is 22.9 Å². The predicted octanol–water partition coefficient (Wildman–Crippen LogP) is 0.299. The lowest BCUT2D eigenvalue weighted by atomic mass is 9.91. The molecule has 1 aliphatic heterocycles. The van der Waals surface area contributed by atoms with Crippen LogP contribution in [0.1, 0.15) is 29.1 Å². The first-order chi connectivity index (χ1) is 19.5. The summed E-state index contributed by atoms with van der Waals surface area (Å²) in [5.74, 6) is 0.343. The van der Waals surface area contributed by atoms with Crippen LogP contribution in [-0.2, 0) is 16.0 Å². The van der Waals surface area contributed by atoms with Gasteiger partial charge in [0, 0.05) is 25.6 Å². The highest BCUT2D eigenvalue weighted by atomic mass is 16.6. The number of hydrogen-bond donors (Lipinski definition) is 6. The molecule has 210 valence electrons. The number of anilines is 1. The Kier molecular flexibility index (Phi) is 8.63. The van der Waals surface area contributed by atoms with E-state index in [9.17, 15) is 20.1 Å². The number of nitrogens with two attached hydrogens (primary N) is 1. The van der Waals surface area contributed by atoms with E-state index in [4.69, 9.17) is 10.5 Å². The van der Waals surface area contributed by atoms with Gasteiger partial charge in [-0.3, -0.25) is 9.36 Å². The summed E-state index contributed by atoms with van der Waals surface area (Å²) >= 11 is 0. The lowest BCUT2D eigenvalue weighted by molar-refractivity contribution is -0.120. The third-order valence-electron chi connectivity index (χ3n) is 6.92. The number of hydrogen-bond acceptors (Lipinski definition) is 10. The van der Waals surface area contributed by atoms with Crippen LogP contribution in [0.2, 0.25) is 0 Å². The normalized spacial score (nSPS) is 20.7. The largest absolute Gasteiger partial charge is 0.394 e. The Labute approximate surface area is 230 Å². The van der Waals surface area contributed by atoms with Crippen LogP contribution >= 0.6 is 0 Å². The van der Waals surface area contributed by atoms with Crippen molar-refractivity contribution in [3.63, 3.8) is 0 Å². The van der Waals surface area contributed by atoms with Crippen molar-refractivity contribution in [3.8, 4) is 0 Å². The summed E-state index contributed by atoms with van der Waals surface area (Å²) in [7, 11) is 0. The van der Waals surface area contributed by atoms with Gasteiger partial charge in [0.15, 0.2) is 23.2 Å². The van der Waals surface area contributed by atoms with Gasteiger partial charge < -0.3 is 36.4 Å². The highest BCUT2D eigenvalue weighted by molar-refractivity contribution is 5.84. The molecule has 0 bridgehead atoms. The fourth-order valence-corrected chi connectivity index (χ4v) is 4.88. The lowest BCUT2D eigenvalue weighted by Crippen LogP contribution is -2.33. The van der Waals surface area contributed by atoms with E-state index in [1.807, 2.05) is 36.4 Å². The second-order valence-electron chi connectivity index (χ2n) is 9.61. The zero-order valence-electron chi connectivity index (χ0n) is 21.8. The molecular formula is C28H33N7O5. The van der Waals surface area contributed by atoms with Crippen molar-refractivity contribution in [3.05, 3.63) is 83.9 Å². The molecule has 2 aromatic heterocycles. The van der Waals surface area contributed by atoms with Crippen molar-refractivity contribution in [2.45, 2.75) is 36.9 Å². The molecule has 2 aromatic carbocycles. The highest BCUT2D eigenvalue weighted by Gasteiger charge is 2.44. The van der Waals surface area contributed by atoms with Crippen LogP contribution in [0.4, 0.5) is 5.82 Å². The van der Waals surface area contributed by atoms with Gasteiger partial charge in [-0.05, 0) is 11.1 Å². The molecule has 5 rings (SSSR count). The number of aliphatic hydroxyl groups excluding tert-OH is 3. The second-order valence-corrected chi connectivity index (χ2v) is 9.61. The van der Waals surface area contributed by atoms with Gasteiger partial charge in [-0.2, -0.15) is 0 Å². The van der Waals surface area contributed by atoms with E-state index in [1.165, 1.54) is 10.9 Å². The standard InChI is InChI=1S/C28H33N7O5/c29-11-12-30-22(37)13-21-33-26(31-14-19(17-7-3-1-4-8-17)18-9-5-2-6-10-18)23-27(34-21)35(16-32-23)28-25(39)24(38)20(15-36)40-28/h1-10,16,19-20,24-25,28,36,38-39H,11-15,29H2,(H,30,37)(H,31,33,34)/t20-,24-,25-,28-/m1/s1. The summed E-state index contributed by atoms with van der Waals surface area (Å²) in [6.45, 7) is 0.634. The number of carbonyl (C=O) groups is 1. The van der Waals surface area contributed by atoms with Gasteiger partial charge >= 0.3 is 0 Å². The van der Waals surface area contributed by atoms with Crippen LogP contribution in [0, 0.1) is 0 Å². The zero-order chi connectivity index (χ0) is 28.1. The summed E-state index contributed by atoms with van der Waals surface area (Å²) in [4.78, 5) is 26.2. The number of aliphatic hydroxyl groups is 3. The lowest BCUT2D eigenvalue weighted by Gasteiger charge is -2.20. The van der Waals surface area contributed by atoms with Crippen molar-refractivity contribution in [1.82, 2.24) is 24.8 Å². The molecule has 7 N–H and O–H groups in total. The molecule has 0 aliphatic carbocycles. The molecule has 0 saturated carbocycles. The summed E-state index contributed by atoms with van der Waals surface area (Å²) in [6, 6.07) is 20.2. The molecule has 4 atom stereocenters. The van der Waals surface area contributed by atoms with Gasteiger partial charge in [-0.1, -0.05) is 60.7 Å². The topological polar surface area (TPSA) is 181 Å².